The molecule has 2 aliphatic carbocycles. The monoisotopic (exact) mass is 517 g/mol. The number of nitrogens with one attached hydrogen (secondary N) is 2. The van der Waals surface area contributed by atoms with Gasteiger partial charge in [0.1, 0.15) is 5.69 Å². The van der Waals surface area contributed by atoms with Crippen LogP contribution in [0.25, 0.3) is 10.9 Å². The number of rotatable bonds is 4. The molecule has 2 bridgehead atoms. The zero-order valence-corrected chi connectivity index (χ0v) is 20.3. The molecule has 2 heterocycles. The molecule has 6 rings (SSSR count). The zero-order chi connectivity index (χ0) is 25.2. The van der Waals surface area contributed by atoms with E-state index in [4.69, 9.17) is 0 Å². The first-order valence-corrected chi connectivity index (χ1v) is 13.7. The second-order valence-corrected chi connectivity index (χ2v) is 12.1. The number of aromatic nitrogens is 1. The van der Waals surface area contributed by atoms with Crippen molar-refractivity contribution in [1.29, 1.82) is 0 Å². The van der Waals surface area contributed by atoms with Crippen molar-refractivity contribution in [2.75, 3.05) is 6.54 Å². The Kier molecular flexibility index (Phi) is 5.46. The minimum Gasteiger partial charge on any atom is -0.351 e. The van der Waals surface area contributed by atoms with Crippen molar-refractivity contribution in [3.63, 3.8) is 0 Å². The molecule has 190 valence electrons. The number of benzene rings is 2. The van der Waals surface area contributed by atoms with Gasteiger partial charge in [-0.2, -0.15) is 17.5 Å². The first kappa shape index (κ1) is 23.5. The molecule has 2 aromatic carbocycles. The number of amides is 1. The number of nitrogens with zero attached hydrogens (tertiary/aromatic N) is 1. The Morgan fingerprint density at radius 1 is 1.00 bits per heavy atom. The van der Waals surface area contributed by atoms with Crippen LogP contribution >= 0.6 is 0 Å². The summed E-state index contributed by atoms with van der Waals surface area (Å²) in [6.45, 7) is 0.344. The minimum absolute atomic E-state index is 0.00689. The minimum atomic E-state index is -4.46. The van der Waals surface area contributed by atoms with Gasteiger partial charge in [0.15, 0.2) is 0 Å². The lowest BCUT2D eigenvalue weighted by Crippen LogP contribution is -2.47. The number of halogens is 3. The van der Waals surface area contributed by atoms with Crippen LogP contribution in [0.15, 0.2) is 47.4 Å². The van der Waals surface area contributed by atoms with Crippen LogP contribution in [0.2, 0.25) is 0 Å². The van der Waals surface area contributed by atoms with E-state index in [1.54, 1.807) is 10.4 Å². The van der Waals surface area contributed by atoms with Gasteiger partial charge in [-0.15, -0.1) is 0 Å². The topological polar surface area (TPSA) is 82.3 Å². The number of piperidine rings is 1. The molecule has 2 N–H and O–H groups in total. The van der Waals surface area contributed by atoms with Gasteiger partial charge in [-0.25, -0.2) is 8.42 Å². The predicted molar refractivity (Wildman–Crippen MR) is 128 cm³/mol. The molecule has 3 aromatic rings. The fraction of sp³-hybridized carbons (Fsp3) is 0.423. The largest absolute Gasteiger partial charge is 0.416 e. The average Bonchev–Trinajstić information content (AvgIpc) is 3.57. The number of hydrogen-bond acceptors (Lipinski definition) is 3. The van der Waals surface area contributed by atoms with Gasteiger partial charge in [0, 0.05) is 29.5 Å². The molecule has 1 saturated heterocycles. The van der Waals surface area contributed by atoms with Gasteiger partial charge in [-0.1, -0.05) is 6.07 Å². The maximum Gasteiger partial charge on any atom is 0.416 e. The Hall–Kier alpha value is -2.85. The van der Waals surface area contributed by atoms with Crippen molar-refractivity contribution < 1.29 is 26.4 Å². The third kappa shape index (κ3) is 4.00. The molecule has 10 heteroatoms. The van der Waals surface area contributed by atoms with E-state index in [-0.39, 0.29) is 23.7 Å². The lowest BCUT2D eigenvalue weighted by atomic mass is 9.92. The molecule has 3 atom stereocenters. The maximum absolute atomic E-state index is 13.4. The highest BCUT2D eigenvalue weighted by molar-refractivity contribution is 7.89. The predicted octanol–water partition coefficient (Wildman–Crippen LogP) is 4.65. The van der Waals surface area contributed by atoms with Gasteiger partial charge in [-0.05, 0) is 92.0 Å². The smallest absolute Gasteiger partial charge is 0.351 e. The van der Waals surface area contributed by atoms with Crippen LogP contribution in [0.4, 0.5) is 13.2 Å². The lowest BCUT2D eigenvalue weighted by Gasteiger charge is -2.31. The van der Waals surface area contributed by atoms with Gasteiger partial charge < -0.3 is 10.3 Å². The Balaban J connectivity index is 1.14. The summed E-state index contributed by atoms with van der Waals surface area (Å²) < 4.78 is 67.4. The number of hydrogen-bond donors (Lipinski definition) is 2. The molecule has 1 aliphatic heterocycles. The summed E-state index contributed by atoms with van der Waals surface area (Å²) in [6, 6.07) is 9.84. The van der Waals surface area contributed by atoms with Crippen molar-refractivity contribution in [3.05, 3.63) is 64.8 Å². The Bertz CT molecular complexity index is 1460. The van der Waals surface area contributed by atoms with Crippen molar-refractivity contribution in [2.45, 2.75) is 61.7 Å². The van der Waals surface area contributed by atoms with Crippen LogP contribution in [0.5, 0.6) is 0 Å². The van der Waals surface area contributed by atoms with E-state index in [1.165, 1.54) is 17.7 Å². The highest BCUT2D eigenvalue weighted by Crippen LogP contribution is 2.41. The van der Waals surface area contributed by atoms with Gasteiger partial charge in [0.05, 0.1) is 10.5 Å². The third-order valence-corrected chi connectivity index (χ3v) is 9.84. The standard InChI is InChI=1S/C26H26F3N3O3S/c27-26(28,29)19-6-8-22-17(9-19)12-24(30-22)25(33)31-23-13-20-10-18(23)14-32(20)36(34,35)21-7-5-15-3-1-2-4-16(15)11-21/h5-9,11-12,18,20,23,30H,1-4,10,13-14H2,(H,31,33)/t18-,20+,23+/m0/s1. The third-order valence-electron chi connectivity index (χ3n) is 7.93. The van der Waals surface area contributed by atoms with Crippen molar-refractivity contribution in [3.8, 4) is 0 Å². The quantitative estimate of drug-likeness (QED) is 0.529. The molecule has 1 aromatic heterocycles. The Morgan fingerprint density at radius 3 is 2.50 bits per heavy atom. The first-order chi connectivity index (χ1) is 17.1. The fourth-order valence-electron chi connectivity index (χ4n) is 6.07. The number of H-pyrrole nitrogens is 1. The molecule has 0 unspecified atom stereocenters. The normalized spacial score (nSPS) is 24.2. The summed E-state index contributed by atoms with van der Waals surface area (Å²) in [7, 11) is -3.62. The average molecular weight is 518 g/mol. The highest BCUT2D eigenvalue weighted by Gasteiger charge is 2.50. The van der Waals surface area contributed by atoms with Crippen LogP contribution < -0.4 is 5.32 Å². The molecular formula is C26H26F3N3O3S. The molecule has 0 spiro atoms. The maximum atomic E-state index is 13.4. The summed E-state index contributed by atoms with van der Waals surface area (Å²) in [5.41, 5.74) is 2.22. The summed E-state index contributed by atoms with van der Waals surface area (Å²) in [4.78, 5) is 16.1. The SMILES string of the molecule is O=C(N[C@@H]1C[C@H]2C[C@H]1CN2S(=O)(=O)c1ccc2c(c1)CCCC2)c1cc2cc(C(F)(F)F)ccc2[nH]1. The number of aryl methyl sites for hydroxylation is 2. The number of carbonyl (C=O) groups excluding carboxylic acids is 1. The number of fused-ring (bicyclic) bond motifs is 4. The second kappa shape index (κ2) is 8.34. The number of alkyl halides is 3. The second-order valence-electron chi connectivity index (χ2n) is 10.2. The van der Waals surface area contributed by atoms with Crippen LogP contribution in [-0.4, -0.2) is 42.2 Å². The van der Waals surface area contributed by atoms with Crippen molar-refractivity contribution in [2.24, 2.45) is 5.92 Å². The van der Waals surface area contributed by atoms with Crippen LogP contribution in [0, 0.1) is 5.92 Å². The van der Waals surface area contributed by atoms with E-state index < -0.39 is 27.7 Å². The molecule has 1 amide bonds. The molecule has 6 nitrogen and oxygen atoms in total. The van der Waals surface area contributed by atoms with Crippen molar-refractivity contribution in [1.82, 2.24) is 14.6 Å². The number of aromatic amines is 1. The van der Waals surface area contributed by atoms with Gasteiger partial charge in [-0.3, -0.25) is 4.79 Å². The van der Waals surface area contributed by atoms with Gasteiger partial charge in [0.2, 0.25) is 10.0 Å². The fourth-order valence-corrected chi connectivity index (χ4v) is 7.82. The summed E-state index contributed by atoms with van der Waals surface area (Å²) in [5.74, 6) is -0.408. The molecular weight excluding hydrogens is 491 g/mol. The number of carbonyl (C=O) groups is 1. The summed E-state index contributed by atoms with van der Waals surface area (Å²) >= 11 is 0. The van der Waals surface area contributed by atoms with Gasteiger partial charge >= 0.3 is 6.18 Å². The van der Waals surface area contributed by atoms with Crippen LogP contribution in [0.1, 0.15) is 52.9 Å². The molecule has 0 radical (unpaired) electrons. The first-order valence-electron chi connectivity index (χ1n) is 12.2. The van der Waals surface area contributed by atoms with Crippen LogP contribution in [-0.2, 0) is 29.0 Å². The molecule has 1 saturated carbocycles. The highest BCUT2D eigenvalue weighted by atomic mass is 32.2. The van der Waals surface area contributed by atoms with Crippen molar-refractivity contribution >= 4 is 26.8 Å². The van der Waals surface area contributed by atoms with Crippen LogP contribution in [0.3, 0.4) is 0 Å². The molecule has 3 aliphatic rings. The number of sulfonamides is 1. The zero-order valence-electron chi connectivity index (χ0n) is 19.4. The van der Waals surface area contributed by atoms with E-state index in [0.29, 0.717) is 35.2 Å². The summed E-state index contributed by atoms with van der Waals surface area (Å²) in [6.07, 6.45) is 0.842. The lowest BCUT2D eigenvalue weighted by molar-refractivity contribution is -0.137. The Morgan fingerprint density at radius 2 is 1.78 bits per heavy atom. The molecule has 36 heavy (non-hydrogen) atoms. The Labute approximate surface area is 206 Å². The van der Waals surface area contributed by atoms with E-state index in [9.17, 15) is 26.4 Å². The van der Waals surface area contributed by atoms with Gasteiger partial charge in [0.25, 0.3) is 5.91 Å². The van der Waals surface area contributed by atoms with E-state index in [2.05, 4.69) is 10.3 Å². The van der Waals surface area contributed by atoms with E-state index >= 15 is 0 Å². The van der Waals surface area contributed by atoms with E-state index in [0.717, 1.165) is 43.4 Å². The summed E-state index contributed by atoms with van der Waals surface area (Å²) in [5, 5.41) is 3.28. The molecule has 2 fully saturated rings. The van der Waals surface area contributed by atoms with E-state index in [1.807, 2.05) is 12.1 Å².